The zero-order valence-corrected chi connectivity index (χ0v) is 12.9. The van der Waals surface area contributed by atoms with Gasteiger partial charge in [-0.25, -0.2) is 4.98 Å². The molecule has 1 heterocycles. The lowest BCUT2D eigenvalue weighted by atomic mass is 9.87. The second-order valence-corrected chi connectivity index (χ2v) is 6.54. The molecule has 4 rings (SSSR count). The molecule has 1 N–H and O–H groups in total. The van der Waals surface area contributed by atoms with Crippen LogP contribution >= 0.6 is 11.3 Å². The van der Waals surface area contributed by atoms with Gasteiger partial charge in [0.2, 0.25) is 0 Å². The van der Waals surface area contributed by atoms with E-state index in [1.807, 2.05) is 29.8 Å². The van der Waals surface area contributed by atoms with Gasteiger partial charge >= 0.3 is 0 Å². The van der Waals surface area contributed by atoms with Crippen LogP contribution in [0.1, 0.15) is 40.4 Å². The van der Waals surface area contributed by atoms with Crippen molar-refractivity contribution >= 4 is 27.5 Å². The van der Waals surface area contributed by atoms with Gasteiger partial charge in [0.05, 0.1) is 21.8 Å². The summed E-state index contributed by atoms with van der Waals surface area (Å²) in [6.07, 6.45) is 3.23. The normalized spacial score (nSPS) is 17.2. The smallest absolute Gasteiger partial charge is 0.251 e. The minimum atomic E-state index is -0.00277. The number of hydrogen-bond donors (Lipinski definition) is 1. The molecule has 0 aliphatic heterocycles. The molecule has 110 valence electrons. The predicted molar refractivity (Wildman–Crippen MR) is 89.2 cm³/mol. The molecular weight excluding hydrogens is 292 g/mol. The van der Waals surface area contributed by atoms with Gasteiger partial charge in [-0.3, -0.25) is 4.79 Å². The topological polar surface area (TPSA) is 42.0 Å². The lowest BCUT2D eigenvalue weighted by Crippen LogP contribution is -2.30. The van der Waals surface area contributed by atoms with Crippen molar-refractivity contribution in [1.82, 2.24) is 10.3 Å². The molecule has 1 unspecified atom stereocenters. The molecule has 2 aromatic carbocycles. The third-order valence-corrected chi connectivity index (χ3v) is 5.06. The molecular formula is C18H16N2OS. The standard InChI is InChI=1S/C18H16N2OS/c21-18(13-8-9-16-17(10-13)22-11-19-16)20-15-7-3-5-12-4-1-2-6-14(12)15/h1-2,4,6,8-11,15H,3,5,7H2,(H,20,21). The second-order valence-electron chi connectivity index (χ2n) is 5.65. The van der Waals surface area contributed by atoms with Crippen LogP contribution < -0.4 is 5.32 Å². The fourth-order valence-corrected chi connectivity index (χ4v) is 3.86. The van der Waals surface area contributed by atoms with E-state index in [2.05, 4.69) is 28.5 Å². The maximum Gasteiger partial charge on any atom is 0.251 e. The van der Waals surface area contributed by atoms with Crippen LogP contribution in [0.25, 0.3) is 10.2 Å². The van der Waals surface area contributed by atoms with E-state index in [4.69, 9.17) is 0 Å². The van der Waals surface area contributed by atoms with E-state index in [0.717, 1.165) is 29.5 Å². The Balaban J connectivity index is 1.59. The average Bonchev–Trinajstić information content (AvgIpc) is 3.02. The predicted octanol–water partition coefficient (Wildman–Crippen LogP) is 4.10. The monoisotopic (exact) mass is 308 g/mol. The summed E-state index contributed by atoms with van der Waals surface area (Å²) in [5.74, 6) is -0.00277. The first kappa shape index (κ1) is 13.5. The summed E-state index contributed by atoms with van der Waals surface area (Å²) in [6.45, 7) is 0. The Morgan fingerprint density at radius 2 is 2.14 bits per heavy atom. The SMILES string of the molecule is O=C(NC1CCCc2ccccc21)c1ccc2ncsc2c1. The van der Waals surface area contributed by atoms with Crippen molar-refractivity contribution in [2.45, 2.75) is 25.3 Å². The Hall–Kier alpha value is -2.20. The van der Waals surface area contributed by atoms with Crippen LogP contribution in [0.15, 0.2) is 48.0 Å². The summed E-state index contributed by atoms with van der Waals surface area (Å²) in [7, 11) is 0. The lowest BCUT2D eigenvalue weighted by Gasteiger charge is -2.26. The number of amides is 1. The first-order chi connectivity index (χ1) is 10.8. The number of aryl methyl sites for hydroxylation is 1. The van der Waals surface area contributed by atoms with Gasteiger partial charge in [-0.1, -0.05) is 24.3 Å². The highest BCUT2D eigenvalue weighted by Gasteiger charge is 2.21. The summed E-state index contributed by atoms with van der Waals surface area (Å²) in [5, 5.41) is 3.19. The molecule has 3 aromatic rings. The van der Waals surface area contributed by atoms with Crippen LogP contribution in [-0.2, 0) is 6.42 Å². The van der Waals surface area contributed by atoms with E-state index in [9.17, 15) is 4.79 Å². The third kappa shape index (κ3) is 2.40. The molecule has 1 atom stereocenters. The first-order valence-electron chi connectivity index (χ1n) is 7.53. The van der Waals surface area contributed by atoms with E-state index >= 15 is 0 Å². The Morgan fingerprint density at radius 1 is 1.23 bits per heavy atom. The van der Waals surface area contributed by atoms with Gasteiger partial charge in [0, 0.05) is 5.56 Å². The van der Waals surface area contributed by atoms with Crippen molar-refractivity contribution in [2.75, 3.05) is 0 Å². The molecule has 0 radical (unpaired) electrons. The number of nitrogens with zero attached hydrogens (tertiary/aromatic N) is 1. The summed E-state index contributed by atoms with van der Waals surface area (Å²) < 4.78 is 1.05. The minimum Gasteiger partial charge on any atom is -0.345 e. The van der Waals surface area contributed by atoms with Crippen molar-refractivity contribution in [2.24, 2.45) is 0 Å². The fraction of sp³-hybridized carbons (Fsp3) is 0.222. The molecule has 1 aliphatic carbocycles. The first-order valence-corrected chi connectivity index (χ1v) is 8.41. The van der Waals surface area contributed by atoms with E-state index in [0.29, 0.717) is 5.56 Å². The quantitative estimate of drug-likeness (QED) is 0.774. The molecule has 0 spiro atoms. The maximum atomic E-state index is 12.6. The van der Waals surface area contributed by atoms with Crippen LogP contribution in [0.4, 0.5) is 0 Å². The Morgan fingerprint density at radius 3 is 3.09 bits per heavy atom. The van der Waals surface area contributed by atoms with Crippen LogP contribution in [0.3, 0.4) is 0 Å². The third-order valence-electron chi connectivity index (χ3n) is 4.27. The molecule has 22 heavy (non-hydrogen) atoms. The van der Waals surface area contributed by atoms with Gasteiger partial charge in [0.25, 0.3) is 5.91 Å². The highest BCUT2D eigenvalue weighted by molar-refractivity contribution is 7.16. The van der Waals surface area contributed by atoms with Crippen LogP contribution in [0.2, 0.25) is 0 Å². The zero-order valence-electron chi connectivity index (χ0n) is 12.1. The van der Waals surface area contributed by atoms with Crippen molar-refractivity contribution in [3.05, 3.63) is 64.7 Å². The summed E-state index contributed by atoms with van der Waals surface area (Å²) >= 11 is 1.56. The molecule has 1 amide bonds. The van der Waals surface area contributed by atoms with Crippen LogP contribution in [-0.4, -0.2) is 10.9 Å². The molecule has 1 aliphatic rings. The van der Waals surface area contributed by atoms with Gasteiger partial charge in [-0.05, 0) is 48.6 Å². The fourth-order valence-electron chi connectivity index (χ4n) is 3.14. The van der Waals surface area contributed by atoms with E-state index in [1.54, 1.807) is 11.3 Å². The number of fused-ring (bicyclic) bond motifs is 2. The molecule has 4 heteroatoms. The number of nitrogens with one attached hydrogen (secondary N) is 1. The van der Waals surface area contributed by atoms with Gasteiger partial charge in [-0.15, -0.1) is 11.3 Å². The number of carbonyl (C=O) groups is 1. The highest BCUT2D eigenvalue weighted by Crippen LogP contribution is 2.30. The van der Waals surface area contributed by atoms with Crippen molar-refractivity contribution in [1.29, 1.82) is 0 Å². The number of thiazole rings is 1. The number of rotatable bonds is 2. The van der Waals surface area contributed by atoms with Gasteiger partial charge < -0.3 is 5.32 Å². The Bertz CT molecular complexity index is 840. The van der Waals surface area contributed by atoms with Crippen molar-refractivity contribution in [3.8, 4) is 0 Å². The molecule has 1 aromatic heterocycles. The summed E-state index contributed by atoms with van der Waals surface area (Å²) in [5.41, 5.74) is 6.09. The molecule has 0 saturated carbocycles. The second kappa shape index (κ2) is 5.54. The Labute approximate surface area is 133 Å². The highest BCUT2D eigenvalue weighted by atomic mass is 32.1. The molecule has 3 nitrogen and oxygen atoms in total. The Kier molecular flexibility index (Phi) is 3.39. The van der Waals surface area contributed by atoms with Crippen molar-refractivity contribution < 1.29 is 4.79 Å². The number of carbonyl (C=O) groups excluding carboxylic acids is 1. The van der Waals surface area contributed by atoms with Crippen LogP contribution in [0.5, 0.6) is 0 Å². The molecule has 0 bridgehead atoms. The number of benzene rings is 2. The summed E-state index contributed by atoms with van der Waals surface area (Å²) in [6, 6.07) is 14.2. The van der Waals surface area contributed by atoms with Gasteiger partial charge in [-0.2, -0.15) is 0 Å². The van der Waals surface area contributed by atoms with Crippen molar-refractivity contribution in [3.63, 3.8) is 0 Å². The zero-order chi connectivity index (χ0) is 14.9. The summed E-state index contributed by atoms with van der Waals surface area (Å²) in [4.78, 5) is 16.8. The number of aromatic nitrogens is 1. The minimum absolute atomic E-state index is 0.00277. The van der Waals surface area contributed by atoms with Gasteiger partial charge in [0.15, 0.2) is 0 Å². The number of hydrogen-bond acceptors (Lipinski definition) is 3. The molecule has 0 saturated heterocycles. The van der Waals surface area contributed by atoms with E-state index in [-0.39, 0.29) is 11.9 Å². The lowest BCUT2D eigenvalue weighted by molar-refractivity contribution is 0.0933. The van der Waals surface area contributed by atoms with Gasteiger partial charge in [0.1, 0.15) is 0 Å². The maximum absolute atomic E-state index is 12.6. The average molecular weight is 308 g/mol. The molecule has 0 fully saturated rings. The van der Waals surface area contributed by atoms with Crippen LogP contribution in [0, 0.1) is 0 Å². The largest absolute Gasteiger partial charge is 0.345 e. The van der Waals surface area contributed by atoms with E-state index < -0.39 is 0 Å². The van der Waals surface area contributed by atoms with E-state index in [1.165, 1.54) is 11.1 Å².